The first kappa shape index (κ1) is 60.4. The minimum Gasteiger partial charge on any atom is -0.426 e. The predicted octanol–water partition coefficient (Wildman–Crippen LogP) is 19.2. The number of aryl methyl sites for hydroxylation is 2. The fourth-order valence-corrected chi connectivity index (χ4v) is 9.93. The molecule has 0 spiro atoms. The van der Waals surface area contributed by atoms with Crippen molar-refractivity contribution in [2.24, 2.45) is 0 Å². The van der Waals surface area contributed by atoms with Gasteiger partial charge in [-0.2, -0.15) is 0 Å². The molecule has 6 heteroatoms. The molecule has 6 aromatic carbocycles. The Morgan fingerprint density at radius 1 is 0.321 bits per heavy atom. The van der Waals surface area contributed by atoms with Gasteiger partial charge in [0.05, 0.1) is 0 Å². The first-order valence-electron chi connectivity index (χ1n) is 27.6. The summed E-state index contributed by atoms with van der Waals surface area (Å²) in [5.41, 5.74) is 16.9. The molecule has 6 rings (SSSR count). The van der Waals surface area contributed by atoms with Gasteiger partial charge in [0.25, 0.3) is 0 Å². The van der Waals surface area contributed by atoms with Crippen LogP contribution < -0.4 is 14.2 Å². The van der Waals surface area contributed by atoms with E-state index in [-0.39, 0.29) is 50.4 Å². The molecule has 0 bridgehead atoms. The van der Waals surface area contributed by atoms with E-state index in [2.05, 4.69) is 254 Å². The van der Waals surface area contributed by atoms with Crippen LogP contribution in [-0.2, 0) is 46.9 Å². The molecule has 0 amide bonds. The van der Waals surface area contributed by atoms with E-state index in [0.29, 0.717) is 17.2 Å². The van der Waals surface area contributed by atoms with Gasteiger partial charge in [0.1, 0.15) is 17.2 Å². The number of carbonyl (C=O) groups is 3. The largest absolute Gasteiger partial charge is 0.426 e. The van der Waals surface area contributed by atoms with Crippen LogP contribution in [0.5, 0.6) is 17.2 Å². The average molecular weight is 1050 g/mol. The van der Waals surface area contributed by atoms with Crippen LogP contribution in [0.2, 0.25) is 0 Å². The molecule has 0 aromatic heterocycles. The second-order valence-corrected chi connectivity index (χ2v) is 27.6. The minimum absolute atomic E-state index is 0.285. The number of hydrogen-bond acceptors (Lipinski definition) is 6. The van der Waals surface area contributed by atoms with E-state index in [1.54, 1.807) is 0 Å². The molecule has 0 radical (unpaired) electrons. The van der Waals surface area contributed by atoms with Crippen LogP contribution in [-0.4, -0.2) is 17.9 Å². The topological polar surface area (TPSA) is 78.9 Å². The molecule has 6 aromatic rings. The molecule has 6 nitrogen and oxygen atoms in total. The zero-order chi connectivity index (χ0) is 58.4. The van der Waals surface area contributed by atoms with Crippen LogP contribution in [0.3, 0.4) is 0 Å². The highest BCUT2D eigenvalue weighted by molar-refractivity contribution is 5.87. The van der Waals surface area contributed by atoms with E-state index in [9.17, 15) is 14.4 Å². The number of rotatable bonds is 10. The smallest absolute Gasteiger partial charge is 0.308 e. The van der Waals surface area contributed by atoms with Crippen molar-refractivity contribution in [2.45, 2.75) is 192 Å². The maximum atomic E-state index is 12.7. The number of esters is 3. The second-order valence-electron chi connectivity index (χ2n) is 27.6. The SMILES string of the molecule is CC(=O)Oc1c(C(C)(C)C)cc(-c2ccc(C)c(/C=C/c3ccc(-c4cc(C(C)(C)C)c(OC(C)=O)c(C(C)(C)C)c4)c(/C=C/c4cc(-c5cc(C(C)(C)C)c(OC(C)=O)c(C(C)(C)C)c5)ccc4C)c3)c2)cc1C(C)(C)C. The second kappa shape index (κ2) is 22.2. The van der Waals surface area contributed by atoms with Crippen molar-refractivity contribution in [2.75, 3.05) is 0 Å². The summed E-state index contributed by atoms with van der Waals surface area (Å²) in [6.45, 7) is 47.6. The lowest BCUT2D eigenvalue weighted by Crippen LogP contribution is -2.21. The van der Waals surface area contributed by atoms with Gasteiger partial charge in [-0.3, -0.25) is 14.4 Å². The van der Waals surface area contributed by atoms with Crippen LogP contribution in [0.25, 0.3) is 57.7 Å². The average Bonchev–Trinajstić information content (AvgIpc) is 3.36. The molecule has 0 atom stereocenters. The molecule has 0 aliphatic carbocycles. The third-order valence-corrected chi connectivity index (χ3v) is 14.4. The number of hydrogen-bond donors (Lipinski definition) is 0. The van der Waals surface area contributed by atoms with Gasteiger partial charge in [0.15, 0.2) is 0 Å². The predicted molar refractivity (Wildman–Crippen MR) is 329 cm³/mol. The maximum Gasteiger partial charge on any atom is 0.308 e. The first-order chi connectivity index (χ1) is 35.7. The molecule has 78 heavy (non-hydrogen) atoms. The summed E-state index contributed by atoms with van der Waals surface area (Å²) < 4.78 is 18.1. The Bertz CT molecular complexity index is 3240. The number of benzene rings is 6. The van der Waals surface area contributed by atoms with Gasteiger partial charge in [-0.05, 0) is 168 Å². The van der Waals surface area contributed by atoms with Gasteiger partial charge < -0.3 is 14.2 Å². The van der Waals surface area contributed by atoms with Crippen LogP contribution in [0.1, 0.15) is 212 Å². The maximum absolute atomic E-state index is 12.7. The third-order valence-electron chi connectivity index (χ3n) is 14.4. The molecular formula is C72H88O6. The Morgan fingerprint density at radius 3 is 0.897 bits per heavy atom. The summed E-state index contributed by atoms with van der Waals surface area (Å²) in [4.78, 5) is 37.7. The Labute approximate surface area is 468 Å². The summed E-state index contributed by atoms with van der Waals surface area (Å²) >= 11 is 0. The van der Waals surface area contributed by atoms with Crippen LogP contribution in [0, 0.1) is 13.8 Å². The lowest BCUT2D eigenvalue weighted by molar-refractivity contribution is -0.133. The summed E-state index contributed by atoms with van der Waals surface area (Å²) in [5.74, 6) is 0.913. The number of ether oxygens (including phenoxy) is 3. The van der Waals surface area contributed by atoms with Crippen molar-refractivity contribution in [3.8, 4) is 50.6 Å². The highest BCUT2D eigenvalue weighted by Crippen LogP contribution is 2.47. The van der Waals surface area contributed by atoms with E-state index in [0.717, 1.165) is 100 Å². The molecular weight excluding hydrogens is 961 g/mol. The summed E-state index contributed by atoms with van der Waals surface area (Å²) in [6, 6.07) is 33.0. The molecule has 0 saturated heterocycles. The number of carbonyl (C=O) groups excluding carboxylic acids is 3. The van der Waals surface area contributed by atoms with E-state index >= 15 is 0 Å². The van der Waals surface area contributed by atoms with Gasteiger partial charge >= 0.3 is 17.9 Å². The van der Waals surface area contributed by atoms with Gasteiger partial charge in [-0.1, -0.05) is 185 Å². The highest BCUT2D eigenvalue weighted by Gasteiger charge is 2.33. The van der Waals surface area contributed by atoms with Gasteiger partial charge in [-0.25, -0.2) is 0 Å². The molecule has 0 saturated carbocycles. The van der Waals surface area contributed by atoms with E-state index in [1.165, 1.54) is 20.8 Å². The van der Waals surface area contributed by atoms with Crippen LogP contribution in [0.15, 0.2) is 91.0 Å². The molecule has 0 aliphatic heterocycles. The summed E-state index contributed by atoms with van der Waals surface area (Å²) in [6.07, 6.45) is 8.83. The highest BCUT2D eigenvalue weighted by atomic mass is 16.5. The normalized spacial score (nSPS) is 12.9. The fourth-order valence-electron chi connectivity index (χ4n) is 9.93. The Hall–Kier alpha value is -6.79. The van der Waals surface area contributed by atoms with E-state index in [1.807, 2.05) is 0 Å². The molecule has 0 fully saturated rings. The van der Waals surface area contributed by atoms with Crippen molar-refractivity contribution < 1.29 is 28.6 Å². The van der Waals surface area contributed by atoms with Crippen LogP contribution in [0.4, 0.5) is 0 Å². The molecule has 0 heterocycles. The molecule has 0 unspecified atom stereocenters. The third kappa shape index (κ3) is 14.3. The van der Waals surface area contributed by atoms with Crippen molar-refractivity contribution in [1.82, 2.24) is 0 Å². The van der Waals surface area contributed by atoms with Gasteiger partial charge in [0, 0.05) is 54.2 Å². The van der Waals surface area contributed by atoms with Gasteiger partial charge in [0.2, 0.25) is 0 Å². The monoisotopic (exact) mass is 1050 g/mol. The quantitative estimate of drug-likeness (QED) is 0.0773. The molecule has 412 valence electrons. The molecule has 0 aliphatic rings. The van der Waals surface area contributed by atoms with E-state index < -0.39 is 0 Å². The van der Waals surface area contributed by atoms with E-state index in [4.69, 9.17) is 14.2 Å². The lowest BCUT2D eigenvalue weighted by atomic mass is 9.77. The standard InChI is InChI=1S/C72H88O6/c1-43-24-28-51(54-37-58(67(6,7)8)64(76-45(3)73)59(38-54)68(9,10)11)35-49(43)30-26-48-27-33-57(56-41-62(71(18,19)20)66(78-47(5)75)63(42-56)72(21,22)23)53(34-48)32-31-50-36-52(29-25-44(50)2)55-39-60(69(12,13)14)65(77-46(4)74)61(40-55)70(15,16)17/h24-42H,1-23H3/b30-26+,32-31+. The van der Waals surface area contributed by atoms with Crippen LogP contribution >= 0.6 is 0 Å². The Morgan fingerprint density at radius 2 is 0.603 bits per heavy atom. The summed E-state index contributed by atoms with van der Waals surface area (Å²) in [5, 5.41) is 0. The zero-order valence-corrected chi connectivity index (χ0v) is 51.4. The molecule has 0 N–H and O–H groups in total. The Balaban J connectivity index is 1.57. The van der Waals surface area contributed by atoms with Gasteiger partial charge in [-0.15, -0.1) is 0 Å². The van der Waals surface area contributed by atoms with Crippen molar-refractivity contribution in [1.29, 1.82) is 0 Å². The van der Waals surface area contributed by atoms with Crippen molar-refractivity contribution in [3.63, 3.8) is 0 Å². The zero-order valence-electron chi connectivity index (χ0n) is 51.4. The lowest BCUT2D eigenvalue weighted by Gasteiger charge is -2.30. The van der Waals surface area contributed by atoms with Crippen molar-refractivity contribution >= 4 is 42.2 Å². The first-order valence-corrected chi connectivity index (χ1v) is 27.6. The van der Waals surface area contributed by atoms with Crippen molar-refractivity contribution in [3.05, 3.63) is 158 Å². The minimum atomic E-state index is -0.344. The fraction of sp³-hybridized carbons (Fsp3) is 0.403. The summed E-state index contributed by atoms with van der Waals surface area (Å²) in [7, 11) is 0. The Kier molecular flexibility index (Phi) is 17.2.